The highest BCUT2D eigenvalue weighted by Gasteiger charge is 2.50. The van der Waals surface area contributed by atoms with Crippen LogP contribution in [0.3, 0.4) is 0 Å². The molecule has 1 fully saturated rings. The van der Waals surface area contributed by atoms with Crippen LogP contribution in [-0.4, -0.2) is 12.6 Å². The quantitative estimate of drug-likeness (QED) is 0.829. The first kappa shape index (κ1) is 14.1. The topological polar surface area (TPSA) is 12.0 Å². The van der Waals surface area contributed by atoms with Crippen molar-refractivity contribution in [2.75, 3.05) is 6.54 Å². The van der Waals surface area contributed by atoms with Crippen LogP contribution in [0.5, 0.6) is 0 Å². The van der Waals surface area contributed by atoms with E-state index in [9.17, 15) is 0 Å². The Hall–Kier alpha value is -0.340. The van der Waals surface area contributed by atoms with Crippen molar-refractivity contribution < 1.29 is 0 Å². The first-order valence-electron chi connectivity index (χ1n) is 7.10. The van der Waals surface area contributed by atoms with Crippen LogP contribution >= 0.6 is 15.9 Å². The number of halogens is 1. The predicted octanol–water partition coefficient (Wildman–Crippen LogP) is 4.72. The van der Waals surface area contributed by atoms with Crippen molar-refractivity contribution >= 4 is 15.9 Å². The zero-order chi connectivity index (χ0) is 13.2. The molecule has 2 heteroatoms. The normalized spacial score (nSPS) is 31.1. The van der Waals surface area contributed by atoms with Crippen molar-refractivity contribution in [2.24, 2.45) is 5.41 Å². The summed E-state index contributed by atoms with van der Waals surface area (Å²) in [6, 6.07) is 9.51. The highest BCUT2D eigenvalue weighted by molar-refractivity contribution is 9.10. The van der Waals surface area contributed by atoms with Crippen molar-refractivity contribution in [2.45, 2.75) is 52.0 Å². The van der Waals surface area contributed by atoms with Crippen LogP contribution in [0.15, 0.2) is 28.7 Å². The van der Waals surface area contributed by atoms with Crippen LogP contribution in [0.1, 0.15) is 51.5 Å². The van der Waals surface area contributed by atoms with Gasteiger partial charge in [-0.2, -0.15) is 0 Å². The van der Waals surface area contributed by atoms with E-state index < -0.39 is 0 Å². The van der Waals surface area contributed by atoms with Crippen LogP contribution in [-0.2, 0) is 0 Å². The van der Waals surface area contributed by atoms with Crippen LogP contribution < -0.4 is 5.32 Å². The SMILES string of the molecule is CCCNC1CC(c2cccc(Br)c2)C1(C)CC. The minimum absolute atomic E-state index is 0.413. The van der Waals surface area contributed by atoms with Crippen molar-refractivity contribution in [3.63, 3.8) is 0 Å². The molecule has 0 saturated heterocycles. The van der Waals surface area contributed by atoms with E-state index in [-0.39, 0.29) is 0 Å². The number of hydrogen-bond donors (Lipinski definition) is 1. The first-order valence-corrected chi connectivity index (χ1v) is 7.90. The predicted molar refractivity (Wildman–Crippen MR) is 82.0 cm³/mol. The summed E-state index contributed by atoms with van der Waals surface area (Å²) in [5, 5.41) is 3.71. The van der Waals surface area contributed by atoms with Gasteiger partial charge >= 0.3 is 0 Å². The first-order chi connectivity index (χ1) is 8.61. The zero-order valence-corrected chi connectivity index (χ0v) is 13.3. The van der Waals surface area contributed by atoms with Gasteiger partial charge in [-0.15, -0.1) is 0 Å². The van der Waals surface area contributed by atoms with Crippen LogP contribution in [0.4, 0.5) is 0 Å². The molecule has 1 aliphatic rings. The lowest BCUT2D eigenvalue weighted by Crippen LogP contribution is -2.56. The molecule has 0 aliphatic heterocycles. The number of nitrogens with one attached hydrogen (secondary N) is 1. The molecular formula is C16H24BrN. The molecule has 100 valence electrons. The Morgan fingerprint density at radius 1 is 1.39 bits per heavy atom. The minimum Gasteiger partial charge on any atom is -0.313 e. The fourth-order valence-corrected chi connectivity index (χ4v) is 3.64. The summed E-state index contributed by atoms with van der Waals surface area (Å²) in [4.78, 5) is 0. The van der Waals surface area contributed by atoms with Crippen LogP contribution in [0.2, 0.25) is 0 Å². The van der Waals surface area contributed by atoms with Gasteiger partial charge in [0.15, 0.2) is 0 Å². The Bertz CT molecular complexity index is 404. The third-order valence-electron chi connectivity index (χ3n) is 4.72. The fraction of sp³-hybridized carbons (Fsp3) is 0.625. The van der Waals surface area contributed by atoms with Gasteiger partial charge < -0.3 is 5.32 Å². The van der Waals surface area contributed by atoms with Crippen molar-refractivity contribution in [3.05, 3.63) is 34.3 Å². The van der Waals surface area contributed by atoms with E-state index in [0.29, 0.717) is 17.4 Å². The molecule has 1 N–H and O–H groups in total. The van der Waals surface area contributed by atoms with Gasteiger partial charge in [-0.25, -0.2) is 0 Å². The molecule has 1 nitrogen and oxygen atoms in total. The van der Waals surface area contributed by atoms with Crippen molar-refractivity contribution in [1.82, 2.24) is 5.32 Å². The van der Waals surface area contributed by atoms with Gasteiger partial charge in [0.25, 0.3) is 0 Å². The standard InChI is InChI=1S/C16H24BrN/c1-4-9-18-15-11-14(16(15,3)5-2)12-7-6-8-13(17)10-12/h6-8,10,14-15,18H,4-5,9,11H2,1-3H3. The largest absolute Gasteiger partial charge is 0.313 e. The maximum Gasteiger partial charge on any atom is 0.0178 e. The monoisotopic (exact) mass is 309 g/mol. The molecule has 1 aliphatic carbocycles. The van der Waals surface area contributed by atoms with E-state index in [1.54, 1.807) is 0 Å². The second-order valence-electron chi connectivity index (χ2n) is 5.71. The second-order valence-corrected chi connectivity index (χ2v) is 6.63. The lowest BCUT2D eigenvalue weighted by atomic mass is 9.54. The molecule has 0 spiro atoms. The Kier molecular flexibility index (Phi) is 4.50. The summed E-state index contributed by atoms with van der Waals surface area (Å²) in [6.07, 6.45) is 3.74. The highest BCUT2D eigenvalue weighted by atomic mass is 79.9. The minimum atomic E-state index is 0.413. The number of benzene rings is 1. The molecule has 1 aromatic rings. The number of rotatable bonds is 5. The average molecular weight is 310 g/mol. The molecule has 0 radical (unpaired) electrons. The van der Waals surface area contributed by atoms with Gasteiger partial charge in [-0.05, 0) is 54.8 Å². The van der Waals surface area contributed by atoms with Crippen molar-refractivity contribution in [3.8, 4) is 0 Å². The van der Waals surface area contributed by atoms with E-state index in [2.05, 4.69) is 66.3 Å². The van der Waals surface area contributed by atoms with Gasteiger partial charge in [0.1, 0.15) is 0 Å². The summed E-state index contributed by atoms with van der Waals surface area (Å²) in [6.45, 7) is 8.15. The van der Waals surface area contributed by atoms with E-state index in [0.717, 1.165) is 6.54 Å². The summed E-state index contributed by atoms with van der Waals surface area (Å²) >= 11 is 3.58. The molecule has 0 heterocycles. The van der Waals surface area contributed by atoms with Gasteiger partial charge in [0, 0.05) is 10.5 Å². The Morgan fingerprint density at radius 3 is 2.78 bits per heavy atom. The molecule has 3 unspecified atom stereocenters. The van der Waals surface area contributed by atoms with Gasteiger partial charge in [0.2, 0.25) is 0 Å². The molecule has 0 bridgehead atoms. The summed E-state index contributed by atoms with van der Waals surface area (Å²) in [7, 11) is 0. The Morgan fingerprint density at radius 2 is 2.17 bits per heavy atom. The van der Waals surface area contributed by atoms with Gasteiger partial charge in [0.05, 0.1) is 0 Å². The third kappa shape index (κ3) is 2.50. The zero-order valence-electron chi connectivity index (χ0n) is 11.7. The Labute approximate surface area is 119 Å². The highest BCUT2D eigenvalue weighted by Crippen LogP contribution is 2.55. The summed E-state index contributed by atoms with van der Waals surface area (Å²) in [5.74, 6) is 0.703. The summed E-state index contributed by atoms with van der Waals surface area (Å²) < 4.78 is 1.20. The average Bonchev–Trinajstić information content (AvgIpc) is 2.36. The third-order valence-corrected chi connectivity index (χ3v) is 5.21. The van der Waals surface area contributed by atoms with E-state index in [1.165, 1.54) is 29.3 Å². The van der Waals surface area contributed by atoms with Gasteiger partial charge in [-0.1, -0.05) is 48.8 Å². The summed E-state index contributed by atoms with van der Waals surface area (Å²) in [5.41, 5.74) is 1.90. The maximum atomic E-state index is 3.71. The van der Waals surface area contributed by atoms with Crippen LogP contribution in [0.25, 0.3) is 0 Å². The van der Waals surface area contributed by atoms with Crippen LogP contribution in [0, 0.1) is 5.41 Å². The molecule has 0 amide bonds. The van der Waals surface area contributed by atoms with E-state index >= 15 is 0 Å². The smallest absolute Gasteiger partial charge is 0.0178 e. The van der Waals surface area contributed by atoms with E-state index in [4.69, 9.17) is 0 Å². The number of hydrogen-bond acceptors (Lipinski definition) is 1. The second kappa shape index (κ2) is 5.75. The fourth-order valence-electron chi connectivity index (χ4n) is 3.22. The van der Waals surface area contributed by atoms with Gasteiger partial charge in [-0.3, -0.25) is 0 Å². The molecule has 2 rings (SSSR count). The Balaban J connectivity index is 2.12. The molecule has 0 aromatic heterocycles. The molecular weight excluding hydrogens is 286 g/mol. The molecule has 1 saturated carbocycles. The van der Waals surface area contributed by atoms with E-state index in [1.807, 2.05) is 0 Å². The lowest BCUT2D eigenvalue weighted by molar-refractivity contribution is 0.0445. The van der Waals surface area contributed by atoms with Crippen molar-refractivity contribution in [1.29, 1.82) is 0 Å². The molecule has 1 aromatic carbocycles. The maximum absolute atomic E-state index is 3.71. The molecule has 3 atom stereocenters. The lowest BCUT2D eigenvalue weighted by Gasteiger charge is -2.55. The molecule has 18 heavy (non-hydrogen) atoms.